The minimum Gasteiger partial charge on any atom is -0.488 e. The van der Waals surface area contributed by atoms with Gasteiger partial charge in [0, 0.05) is 31.3 Å². The van der Waals surface area contributed by atoms with E-state index in [0.29, 0.717) is 12.3 Å². The molecule has 0 fully saturated rings. The Bertz CT molecular complexity index is 432. The summed E-state index contributed by atoms with van der Waals surface area (Å²) in [5, 5.41) is 2.59. The topological polar surface area (TPSA) is 73.6 Å². The molecule has 114 valence electrons. The van der Waals surface area contributed by atoms with Gasteiger partial charge in [-0.25, -0.2) is 4.39 Å². The lowest BCUT2D eigenvalue weighted by molar-refractivity contribution is -0.119. The molecule has 0 heterocycles. The molecule has 20 heavy (non-hydrogen) atoms. The van der Waals surface area contributed by atoms with Crippen LogP contribution in [0.3, 0.4) is 0 Å². The van der Waals surface area contributed by atoms with Crippen molar-refractivity contribution in [2.45, 2.75) is 6.92 Å². The average molecular weight is 307 g/mol. The molecule has 0 aromatic heterocycles. The number of methoxy groups -OCH3 is 1. The lowest BCUT2D eigenvalue weighted by Crippen LogP contribution is -2.26. The summed E-state index contributed by atoms with van der Waals surface area (Å²) < 4.78 is 23.6. The number of hydrogen-bond acceptors (Lipinski definition) is 4. The van der Waals surface area contributed by atoms with Gasteiger partial charge in [-0.1, -0.05) is 6.92 Å². The maximum Gasteiger partial charge on any atom is 0.228 e. The maximum absolute atomic E-state index is 13.7. The quantitative estimate of drug-likeness (QED) is 0.754. The highest BCUT2D eigenvalue weighted by Crippen LogP contribution is 2.21. The van der Waals surface area contributed by atoms with Crippen molar-refractivity contribution < 1.29 is 18.7 Å². The number of hydrogen-bond donors (Lipinski definition) is 2. The number of anilines is 1. The third kappa shape index (κ3) is 5.73. The summed E-state index contributed by atoms with van der Waals surface area (Å²) >= 11 is 0. The fraction of sp³-hybridized carbons (Fsp3) is 0.462. The minimum atomic E-state index is -0.533. The first-order valence-electron chi connectivity index (χ1n) is 6.00. The number of carbonyl (C=O) groups excluding carboxylic acids is 1. The van der Waals surface area contributed by atoms with E-state index in [1.807, 2.05) is 0 Å². The smallest absolute Gasteiger partial charge is 0.228 e. The van der Waals surface area contributed by atoms with Crippen LogP contribution in [0.5, 0.6) is 5.75 Å². The van der Waals surface area contributed by atoms with Gasteiger partial charge in [0.05, 0.1) is 6.61 Å². The Kier molecular flexibility index (Phi) is 8.87. The van der Waals surface area contributed by atoms with Gasteiger partial charge in [-0.15, -0.1) is 12.4 Å². The molecule has 0 aliphatic heterocycles. The summed E-state index contributed by atoms with van der Waals surface area (Å²) in [6.45, 7) is 2.59. The highest BCUT2D eigenvalue weighted by molar-refractivity contribution is 5.92. The molecule has 1 aromatic carbocycles. The van der Waals surface area contributed by atoms with Gasteiger partial charge in [-0.3, -0.25) is 4.79 Å². The van der Waals surface area contributed by atoms with Crippen molar-refractivity contribution in [2.24, 2.45) is 11.7 Å². The Morgan fingerprint density at radius 3 is 2.70 bits per heavy atom. The Hall–Kier alpha value is -1.37. The second-order valence-electron chi connectivity index (χ2n) is 4.11. The number of nitrogens with two attached hydrogens (primary N) is 1. The van der Waals surface area contributed by atoms with Gasteiger partial charge in [-0.05, 0) is 12.1 Å². The summed E-state index contributed by atoms with van der Waals surface area (Å²) in [5.74, 6) is -0.966. The lowest BCUT2D eigenvalue weighted by atomic mass is 10.1. The number of carbonyl (C=O) groups is 1. The van der Waals surface area contributed by atoms with Crippen LogP contribution in [0.25, 0.3) is 0 Å². The van der Waals surface area contributed by atoms with E-state index in [1.54, 1.807) is 13.0 Å². The molecule has 0 saturated heterocycles. The molecular formula is C13H20ClFN2O3. The van der Waals surface area contributed by atoms with Crippen molar-refractivity contribution >= 4 is 24.0 Å². The number of ether oxygens (including phenoxy) is 2. The van der Waals surface area contributed by atoms with Crippen molar-refractivity contribution in [2.75, 3.05) is 32.2 Å². The van der Waals surface area contributed by atoms with Crippen molar-refractivity contribution in [1.82, 2.24) is 0 Å². The molecule has 1 amide bonds. The van der Waals surface area contributed by atoms with Crippen molar-refractivity contribution in [3.63, 3.8) is 0 Å². The first-order valence-corrected chi connectivity index (χ1v) is 6.00. The maximum atomic E-state index is 13.7. The summed E-state index contributed by atoms with van der Waals surface area (Å²) in [7, 11) is 1.54. The Morgan fingerprint density at radius 2 is 2.15 bits per heavy atom. The molecular weight excluding hydrogens is 287 g/mol. The number of halogens is 2. The van der Waals surface area contributed by atoms with E-state index in [2.05, 4.69) is 5.32 Å². The van der Waals surface area contributed by atoms with Crippen LogP contribution in [-0.2, 0) is 9.53 Å². The molecule has 1 atom stereocenters. The van der Waals surface area contributed by atoms with E-state index >= 15 is 0 Å². The van der Waals surface area contributed by atoms with E-state index in [-0.39, 0.29) is 43.1 Å². The number of benzene rings is 1. The van der Waals surface area contributed by atoms with Crippen molar-refractivity contribution in [3.05, 3.63) is 24.0 Å². The van der Waals surface area contributed by atoms with Crippen LogP contribution in [0.1, 0.15) is 6.92 Å². The molecule has 1 rings (SSSR count). The van der Waals surface area contributed by atoms with Gasteiger partial charge < -0.3 is 20.5 Å². The van der Waals surface area contributed by atoms with Crippen LogP contribution in [0.2, 0.25) is 0 Å². The molecule has 1 unspecified atom stereocenters. The van der Waals surface area contributed by atoms with Crippen LogP contribution in [-0.4, -0.2) is 32.8 Å². The van der Waals surface area contributed by atoms with Crippen molar-refractivity contribution in [3.8, 4) is 5.75 Å². The van der Waals surface area contributed by atoms with Gasteiger partial charge in [0.15, 0.2) is 11.6 Å². The van der Waals surface area contributed by atoms with Crippen molar-refractivity contribution in [1.29, 1.82) is 0 Å². The van der Waals surface area contributed by atoms with Crippen LogP contribution in [0.15, 0.2) is 18.2 Å². The molecule has 0 spiro atoms. The second kappa shape index (κ2) is 9.52. The van der Waals surface area contributed by atoms with Crippen LogP contribution < -0.4 is 15.8 Å². The highest BCUT2D eigenvalue weighted by Gasteiger charge is 2.12. The fourth-order valence-electron chi connectivity index (χ4n) is 1.30. The number of amides is 1. The molecule has 0 aliphatic rings. The first kappa shape index (κ1) is 18.6. The molecule has 1 aromatic rings. The second-order valence-corrected chi connectivity index (χ2v) is 4.11. The number of rotatable bonds is 7. The zero-order chi connectivity index (χ0) is 14.3. The van der Waals surface area contributed by atoms with Crippen LogP contribution in [0.4, 0.5) is 10.1 Å². The molecule has 0 aliphatic carbocycles. The molecule has 0 radical (unpaired) electrons. The Morgan fingerprint density at radius 1 is 1.45 bits per heavy atom. The van der Waals surface area contributed by atoms with Gasteiger partial charge in [-0.2, -0.15) is 0 Å². The van der Waals surface area contributed by atoms with E-state index in [1.165, 1.54) is 19.2 Å². The van der Waals surface area contributed by atoms with Gasteiger partial charge in [0.1, 0.15) is 6.61 Å². The van der Waals surface area contributed by atoms with Crippen LogP contribution >= 0.6 is 12.4 Å². The van der Waals surface area contributed by atoms with E-state index < -0.39 is 5.82 Å². The highest BCUT2D eigenvalue weighted by atomic mass is 35.5. The van der Waals surface area contributed by atoms with Crippen LogP contribution in [0, 0.1) is 11.7 Å². The minimum absolute atomic E-state index is 0. The third-order valence-electron chi connectivity index (χ3n) is 2.55. The van der Waals surface area contributed by atoms with E-state index in [4.69, 9.17) is 15.2 Å². The predicted octanol–water partition coefficient (Wildman–Crippen LogP) is 1.81. The van der Waals surface area contributed by atoms with Gasteiger partial charge >= 0.3 is 0 Å². The SMILES string of the molecule is COCCOc1ccc(NC(=O)C(C)CN)cc1F.Cl. The van der Waals surface area contributed by atoms with Gasteiger partial charge in [0.25, 0.3) is 0 Å². The monoisotopic (exact) mass is 306 g/mol. The zero-order valence-electron chi connectivity index (χ0n) is 11.5. The summed E-state index contributed by atoms with van der Waals surface area (Å²) in [5.41, 5.74) is 5.76. The van der Waals surface area contributed by atoms with E-state index in [0.717, 1.165) is 0 Å². The average Bonchev–Trinajstić information content (AvgIpc) is 2.40. The first-order chi connectivity index (χ1) is 9.08. The fourth-order valence-corrected chi connectivity index (χ4v) is 1.30. The molecule has 0 bridgehead atoms. The van der Waals surface area contributed by atoms with Gasteiger partial charge in [0.2, 0.25) is 5.91 Å². The molecule has 7 heteroatoms. The molecule has 0 saturated carbocycles. The summed E-state index contributed by atoms with van der Waals surface area (Å²) in [6.07, 6.45) is 0. The molecule has 3 N–H and O–H groups in total. The Balaban J connectivity index is 0.00000361. The lowest BCUT2D eigenvalue weighted by Gasteiger charge is -2.11. The normalized spacial score (nSPS) is 11.4. The standard InChI is InChI=1S/C13H19FN2O3.ClH/c1-9(8-15)13(17)16-10-3-4-12(11(14)7-10)19-6-5-18-2;/h3-4,7,9H,5-6,8,15H2,1-2H3,(H,16,17);1H. The third-order valence-corrected chi connectivity index (χ3v) is 2.55. The van der Waals surface area contributed by atoms with E-state index in [9.17, 15) is 9.18 Å². The summed E-state index contributed by atoms with van der Waals surface area (Å²) in [6, 6.07) is 4.25. The zero-order valence-corrected chi connectivity index (χ0v) is 12.3. The Labute approximate surface area is 124 Å². The summed E-state index contributed by atoms with van der Waals surface area (Å²) in [4.78, 5) is 11.6. The molecule has 5 nitrogen and oxygen atoms in total. The number of nitrogens with one attached hydrogen (secondary N) is 1. The largest absolute Gasteiger partial charge is 0.488 e. The predicted molar refractivity (Wildman–Crippen MR) is 77.9 cm³/mol.